The lowest BCUT2D eigenvalue weighted by Crippen LogP contribution is -2.37. The number of hydrogen-bond acceptors (Lipinski definition) is 2. The molecule has 1 aromatic carbocycles. The molecule has 1 aromatic rings. The van der Waals surface area contributed by atoms with Crippen molar-refractivity contribution in [3.8, 4) is 0 Å². The van der Waals surface area contributed by atoms with Gasteiger partial charge in [0.25, 0.3) is 0 Å². The average Bonchev–Trinajstić information content (AvgIpc) is 2.66. The van der Waals surface area contributed by atoms with Crippen molar-refractivity contribution in [3.05, 3.63) is 34.3 Å². The van der Waals surface area contributed by atoms with E-state index >= 15 is 0 Å². The zero-order chi connectivity index (χ0) is 13.3. The summed E-state index contributed by atoms with van der Waals surface area (Å²) in [7, 11) is 0. The minimum Gasteiger partial charge on any atom is -0.480 e. The summed E-state index contributed by atoms with van der Waals surface area (Å²) in [5.74, 6) is -1.06. The monoisotopic (exact) mass is 267 g/mol. The number of rotatable bonds is 3. The van der Waals surface area contributed by atoms with Gasteiger partial charge in [-0.1, -0.05) is 23.7 Å². The Morgan fingerprint density at radius 3 is 2.89 bits per heavy atom. The number of halogens is 1. The number of benzene rings is 1. The van der Waals surface area contributed by atoms with E-state index < -0.39 is 12.0 Å². The van der Waals surface area contributed by atoms with Crippen LogP contribution in [0.15, 0.2) is 18.2 Å². The van der Waals surface area contributed by atoms with Crippen LogP contribution in [-0.4, -0.2) is 27.9 Å². The molecule has 1 unspecified atom stereocenters. The van der Waals surface area contributed by atoms with Crippen LogP contribution in [0.25, 0.3) is 0 Å². The highest BCUT2D eigenvalue weighted by Crippen LogP contribution is 2.24. The van der Waals surface area contributed by atoms with Gasteiger partial charge >= 0.3 is 5.97 Å². The highest BCUT2D eigenvalue weighted by atomic mass is 35.5. The lowest BCUT2D eigenvalue weighted by molar-refractivity contribution is -0.146. The van der Waals surface area contributed by atoms with E-state index in [-0.39, 0.29) is 5.91 Å². The fourth-order valence-corrected chi connectivity index (χ4v) is 2.32. The van der Waals surface area contributed by atoms with Gasteiger partial charge in [0.15, 0.2) is 0 Å². The number of carboxylic acid groups (broad SMARTS) is 1. The highest BCUT2D eigenvalue weighted by Gasteiger charge is 2.35. The van der Waals surface area contributed by atoms with Crippen LogP contribution in [0.4, 0.5) is 0 Å². The molecule has 1 aliphatic heterocycles. The number of hydrogen-bond donors (Lipinski definition) is 1. The van der Waals surface area contributed by atoms with Crippen LogP contribution in [0.5, 0.6) is 0 Å². The SMILES string of the molecule is Cc1ccc(CN2C(=O)CCC2C(=O)O)cc1Cl. The number of likely N-dealkylation sites (tertiary alicyclic amines) is 1. The maximum Gasteiger partial charge on any atom is 0.326 e. The van der Waals surface area contributed by atoms with Gasteiger partial charge in [-0.3, -0.25) is 4.79 Å². The van der Waals surface area contributed by atoms with Gasteiger partial charge in [-0.25, -0.2) is 4.79 Å². The van der Waals surface area contributed by atoms with Crippen molar-refractivity contribution in [2.75, 3.05) is 0 Å². The van der Waals surface area contributed by atoms with Crippen LogP contribution in [0.3, 0.4) is 0 Å². The van der Waals surface area contributed by atoms with Crippen LogP contribution in [-0.2, 0) is 16.1 Å². The van der Waals surface area contributed by atoms with Gasteiger partial charge in [0.1, 0.15) is 6.04 Å². The van der Waals surface area contributed by atoms with Gasteiger partial charge in [-0.2, -0.15) is 0 Å². The molecule has 0 aliphatic carbocycles. The fraction of sp³-hybridized carbons (Fsp3) is 0.385. The summed E-state index contributed by atoms with van der Waals surface area (Å²) in [5.41, 5.74) is 1.81. The van der Waals surface area contributed by atoms with Crippen molar-refractivity contribution in [3.63, 3.8) is 0 Å². The van der Waals surface area contributed by atoms with Gasteiger partial charge in [0.05, 0.1) is 0 Å². The molecule has 5 heteroatoms. The number of aryl methyl sites for hydroxylation is 1. The molecule has 0 radical (unpaired) electrons. The van der Waals surface area contributed by atoms with Crippen molar-refractivity contribution < 1.29 is 14.7 Å². The highest BCUT2D eigenvalue weighted by molar-refractivity contribution is 6.31. The zero-order valence-electron chi connectivity index (χ0n) is 10.0. The molecular formula is C13H14ClNO3. The lowest BCUT2D eigenvalue weighted by atomic mass is 10.1. The molecule has 1 atom stereocenters. The summed E-state index contributed by atoms with van der Waals surface area (Å²) in [4.78, 5) is 24.1. The molecule has 0 bridgehead atoms. The molecule has 2 rings (SSSR count). The van der Waals surface area contributed by atoms with Crippen molar-refractivity contribution in [2.24, 2.45) is 0 Å². The van der Waals surface area contributed by atoms with E-state index in [0.717, 1.165) is 11.1 Å². The van der Waals surface area contributed by atoms with Gasteiger partial charge < -0.3 is 10.0 Å². The molecule has 1 fully saturated rings. The van der Waals surface area contributed by atoms with Crippen molar-refractivity contribution >= 4 is 23.5 Å². The number of aliphatic carboxylic acids is 1. The van der Waals surface area contributed by atoms with Crippen LogP contribution >= 0.6 is 11.6 Å². The predicted octanol–water partition coefficient (Wildman–Crippen LogP) is 2.22. The van der Waals surface area contributed by atoms with E-state index in [9.17, 15) is 9.59 Å². The predicted molar refractivity (Wildman–Crippen MR) is 67.4 cm³/mol. The smallest absolute Gasteiger partial charge is 0.326 e. The molecule has 1 saturated heterocycles. The van der Waals surface area contributed by atoms with Crippen molar-refractivity contribution in [1.82, 2.24) is 4.90 Å². The van der Waals surface area contributed by atoms with Gasteiger partial charge in [0.2, 0.25) is 5.91 Å². The summed E-state index contributed by atoms with van der Waals surface area (Å²) in [5, 5.41) is 9.69. The van der Waals surface area contributed by atoms with E-state index in [0.29, 0.717) is 24.4 Å². The van der Waals surface area contributed by atoms with Gasteiger partial charge in [0, 0.05) is 18.0 Å². The average molecular weight is 268 g/mol. The molecule has 0 spiro atoms. The maximum absolute atomic E-state index is 11.7. The first-order valence-corrected chi connectivity index (χ1v) is 6.14. The first-order valence-electron chi connectivity index (χ1n) is 5.76. The molecule has 1 amide bonds. The van der Waals surface area contributed by atoms with Crippen molar-refractivity contribution in [1.29, 1.82) is 0 Å². The summed E-state index contributed by atoms with van der Waals surface area (Å²) in [6.07, 6.45) is 0.685. The topological polar surface area (TPSA) is 57.6 Å². The molecule has 4 nitrogen and oxygen atoms in total. The largest absolute Gasteiger partial charge is 0.480 e. The number of carboxylic acids is 1. The second-order valence-electron chi connectivity index (χ2n) is 4.50. The molecule has 1 heterocycles. The Labute approximate surface area is 110 Å². The lowest BCUT2D eigenvalue weighted by Gasteiger charge is -2.21. The summed E-state index contributed by atoms with van der Waals surface area (Å²) < 4.78 is 0. The van der Waals surface area contributed by atoms with Crippen LogP contribution in [0.2, 0.25) is 5.02 Å². The third-order valence-electron chi connectivity index (χ3n) is 3.20. The second-order valence-corrected chi connectivity index (χ2v) is 4.91. The molecule has 0 aromatic heterocycles. The first-order chi connectivity index (χ1) is 8.49. The number of carbonyl (C=O) groups is 2. The van der Waals surface area contributed by atoms with Crippen LogP contribution in [0.1, 0.15) is 24.0 Å². The Morgan fingerprint density at radius 1 is 1.56 bits per heavy atom. The Hall–Kier alpha value is -1.55. The molecular weight excluding hydrogens is 254 g/mol. The minimum absolute atomic E-state index is 0.112. The Kier molecular flexibility index (Phi) is 3.57. The van der Waals surface area contributed by atoms with E-state index in [2.05, 4.69) is 0 Å². The molecule has 1 N–H and O–H groups in total. The first kappa shape index (κ1) is 12.9. The van der Waals surface area contributed by atoms with Gasteiger partial charge in [-0.15, -0.1) is 0 Å². The summed E-state index contributed by atoms with van der Waals surface area (Å²) in [6, 6.07) is 4.80. The Morgan fingerprint density at radius 2 is 2.28 bits per heavy atom. The van der Waals surface area contributed by atoms with Crippen LogP contribution < -0.4 is 0 Å². The Balaban J connectivity index is 2.18. The van der Waals surface area contributed by atoms with E-state index in [1.807, 2.05) is 19.1 Å². The number of nitrogens with zero attached hydrogens (tertiary/aromatic N) is 1. The van der Waals surface area contributed by atoms with E-state index in [1.165, 1.54) is 4.90 Å². The second kappa shape index (κ2) is 4.98. The van der Waals surface area contributed by atoms with Gasteiger partial charge in [-0.05, 0) is 30.5 Å². The molecule has 18 heavy (non-hydrogen) atoms. The molecule has 96 valence electrons. The van der Waals surface area contributed by atoms with Crippen molar-refractivity contribution in [2.45, 2.75) is 32.4 Å². The summed E-state index contributed by atoms with van der Waals surface area (Å²) >= 11 is 6.01. The minimum atomic E-state index is -0.945. The Bertz CT molecular complexity index is 501. The van der Waals surface area contributed by atoms with E-state index in [1.54, 1.807) is 6.07 Å². The normalized spacial score (nSPS) is 19.3. The fourth-order valence-electron chi connectivity index (χ4n) is 2.12. The van der Waals surface area contributed by atoms with E-state index in [4.69, 9.17) is 16.7 Å². The summed E-state index contributed by atoms with van der Waals surface area (Å²) in [6.45, 7) is 2.20. The zero-order valence-corrected chi connectivity index (χ0v) is 10.8. The third kappa shape index (κ3) is 2.48. The number of amides is 1. The number of carbonyl (C=O) groups excluding carboxylic acids is 1. The molecule has 0 saturated carbocycles. The maximum atomic E-state index is 11.7. The standard InChI is InChI=1S/C13H14ClNO3/c1-8-2-3-9(6-10(8)14)7-15-11(13(17)18)4-5-12(15)16/h2-3,6,11H,4-5,7H2,1H3,(H,17,18). The van der Waals surface area contributed by atoms with Crippen LogP contribution in [0, 0.1) is 6.92 Å². The molecule has 1 aliphatic rings. The quantitative estimate of drug-likeness (QED) is 0.914. The third-order valence-corrected chi connectivity index (χ3v) is 3.61.